The number of halogens is 1. The third-order valence-corrected chi connectivity index (χ3v) is 3.62. The highest BCUT2D eigenvalue weighted by atomic mass is 79.9. The van der Waals surface area contributed by atoms with Crippen molar-refractivity contribution in [3.05, 3.63) is 22.2 Å². The number of benzene rings is 1. The molecule has 0 aliphatic carbocycles. The quantitative estimate of drug-likeness (QED) is 0.673. The van der Waals surface area contributed by atoms with Crippen molar-refractivity contribution in [3.8, 4) is 5.75 Å². The predicted octanol–water partition coefficient (Wildman–Crippen LogP) is 0.187. The Morgan fingerprint density at radius 1 is 1.58 bits per heavy atom. The first-order valence-corrected chi connectivity index (χ1v) is 6.95. The molecule has 2 atom stereocenters. The van der Waals surface area contributed by atoms with Gasteiger partial charge in [-0.2, -0.15) is 0 Å². The topological polar surface area (TPSA) is 71.0 Å². The van der Waals surface area contributed by atoms with Crippen molar-refractivity contribution in [1.29, 1.82) is 0 Å². The highest BCUT2D eigenvalue weighted by Crippen LogP contribution is 2.33. The smallest absolute Gasteiger partial charge is 0.491 e. The normalized spacial score (nSPS) is 19.4. The molecule has 0 saturated carbocycles. The van der Waals surface area contributed by atoms with Crippen LogP contribution in [-0.2, 0) is 4.65 Å². The number of aliphatic hydroxyl groups is 1. The summed E-state index contributed by atoms with van der Waals surface area (Å²) < 4.78 is 11.9. The van der Waals surface area contributed by atoms with Crippen LogP contribution in [-0.4, -0.2) is 43.6 Å². The fourth-order valence-electron chi connectivity index (χ4n) is 2.14. The predicted molar refractivity (Wildman–Crippen MR) is 76.7 cm³/mol. The van der Waals surface area contributed by atoms with Gasteiger partial charge in [-0.25, -0.2) is 0 Å². The van der Waals surface area contributed by atoms with Gasteiger partial charge in [-0.05, 0) is 31.7 Å². The van der Waals surface area contributed by atoms with Crippen LogP contribution in [0.4, 0.5) is 0 Å². The van der Waals surface area contributed by atoms with Crippen molar-refractivity contribution in [3.63, 3.8) is 0 Å². The maximum absolute atomic E-state index is 10.0. The third-order valence-electron chi connectivity index (χ3n) is 2.93. The number of nitrogens with one attached hydrogen (secondary N) is 1. The van der Waals surface area contributed by atoms with Crippen molar-refractivity contribution in [2.24, 2.45) is 0 Å². The Kier molecular flexibility index (Phi) is 4.86. The lowest BCUT2D eigenvalue weighted by atomic mass is 9.78. The van der Waals surface area contributed by atoms with Gasteiger partial charge < -0.3 is 24.8 Å². The second-order valence-electron chi connectivity index (χ2n) is 4.57. The van der Waals surface area contributed by atoms with E-state index in [4.69, 9.17) is 9.39 Å². The maximum Gasteiger partial charge on any atom is 0.495 e. The molecule has 0 radical (unpaired) electrons. The SMILES string of the molecule is CNCC1OB(O)c2c(OCC(C)O)ccc(Br)c21. The molecule has 2 rings (SSSR count). The molecular weight excluding hydrogens is 313 g/mol. The molecule has 2 unspecified atom stereocenters. The van der Waals surface area contributed by atoms with Crippen molar-refractivity contribution < 1.29 is 19.5 Å². The maximum atomic E-state index is 10.0. The Morgan fingerprint density at radius 2 is 2.32 bits per heavy atom. The molecule has 0 amide bonds. The van der Waals surface area contributed by atoms with E-state index in [1.807, 2.05) is 13.1 Å². The number of aliphatic hydroxyl groups excluding tert-OH is 1. The summed E-state index contributed by atoms with van der Waals surface area (Å²) in [5, 5.41) is 22.3. The van der Waals surface area contributed by atoms with Crippen LogP contribution >= 0.6 is 15.9 Å². The van der Waals surface area contributed by atoms with Gasteiger partial charge in [-0.15, -0.1) is 0 Å². The number of hydrogen-bond donors (Lipinski definition) is 3. The lowest BCUT2D eigenvalue weighted by molar-refractivity contribution is 0.123. The zero-order valence-corrected chi connectivity index (χ0v) is 12.5. The minimum absolute atomic E-state index is 0.178. The Bertz CT molecular complexity index is 458. The van der Waals surface area contributed by atoms with E-state index < -0.39 is 13.2 Å². The average molecular weight is 330 g/mol. The van der Waals surface area contributed by atoms with Gasteiger partial charge in [0.25, 0.3) is 0 Å². The third kappa shape index (κ3) is 3.12. The van der Waals surface area contributed by atoms with Crippen LogP contribution in [0.25, 0.3) is 0 Å². The van der Waals surface area contributed by atoms with Crippen molar-refractivity contribution in [1.82, 2.24) is 5.32 Å². The van der Waals surface area contributed by atoms with Crippen LogP contribution in [0.2, 0.25) is 0 Å². The van der Waals surface area contributed by atoms with Crippen LogP contribution in [0.1, 0.15) is 18.6 Å². The van der Waals surface area contributed by atoms with Gasteiger partial charge in [0.15, 0.2) is 0 Å². The van der Waals surface area contributed by atoms with E-state index >= 15 is 0 Å². The van der Waals surface area contributed by atoms with Crippen LogP contribution in [0.3, 0.4) is 0 Å². The van der Waals surface area contributed by atoms with Gasteiger partial charge in [0.1, 0.15) is 12.4 Å². The largest absolute Gasteiger partial charge is 0.495 e. The van der Waals surface area contributed by atoms with E-state index in [-0.39, 0.29) is 12.7 Å². The summed E-state index contributed by atoms with van der Waals surface area (Å²) >= 11 is 3.48. The van der Waals surface area contributed by atoms with Gasteiger partial charge in [-0.3, -0.25) is 0 Å². The van der Waals surface area contributed by atoms with Crippen molar-refractivity contribution >= 4 is 28.5 Å². The van der Waals surface area contributed by atoms with Gasteiger partial charge >= 0.3 is 7.12 Å². The number of hydrogen-bond acceptors (Lipinski definition) is 5. The lowest BCUT2D eigenvalue weighted by Gasteiger charge is -2.15. The first-order valence-electron chi connectivity index (χ1n) is 6.16. The molecule has 0 spiro atoms. The second-order valence-corrected chi connectivity index (χ2v) is 5.42. The number of rotatable bonds is 5. The van der Waals surface area contributed by atoms with E-state index in [1.165, 1.54) is 0 Å². The van der Waals surface area contributed by atoms with Gasteiger partial charge in [0.2, 0.25) is 0 Å². The molecule has 1 heterocycles. The summed E-state index contributed by atoms with van der Waals surface area (Å²) in [5.41, 5.74) is 1.53. The molecular formula is C12H17BBrNO4. The fraction of sp³-hybridized carbons (Fsp3) is 0.500. The number of likely N-dealkylation sites (N-methyl/N-ethyl adjacent to an activating group) is 1. The molecule has 0 bridgehead atoms. The molecule has 0 fully saturated rings. The molecule has 104 valence electrons. The Hall–Kier alpha value is -0.595. The summed E-state index contributed by atoms with van der Waals surface area (Å²) in [5.74, 6) is 0.546. The van der Waals surface area contributed by atoms with Crippen LogP contribution < -0.4 is 15.5 Å². The summed E-state index contributed by atoms with van der Waals surface area (Å²) in [4.78, 5) is 0. The summed E-state index contributed by atoms with van der Waals surface area (Å²) in [6, 6.07) is 3.62. The van der Waals surface area contributed by atoms with Gasteiger partial charge in [0, 0.05) is 16.5 Å². The van der Waals surface area contributed by atoms with Crippen LogP contribution in [0.15, 0.2) is 16.6 Å². The first-order chi connectivity index (χ1) is 9.04. The minimum atomic E-state index is -1.00. The fourth-order valence-corrected chi connectivity index (χ4v) is 2.74. The Labute approximate surface area is 121 Å². The van der Waals surface area contributed by atoms with E-state index in [1.54, 1.807) is 13.0 Å². The highest BCUT2D eigenvalue weighted by molar-refractivity contribution is 9.10. The lowest BCUT2D eigenvalue weighted by Crippen LogP contribution is -2.31. The molecule has 3 N–H and O–H groups in total. The molecule has 7 heteroatoms. The van der Waals surface area contributed by atoms with E-state index in [0.717, 1.165) is 10.0 Å². The van der Waals surface area contributed by atoms with Crippen molar-refractivity contribution in [2.75, 3.05) is 20.2 Å². The average Bonchev–Trinajstić information content (AvgIpc) is 2.67. The second kappa shape index (κ2) is 6.24. The Morgan fingerprint density at radius 3 is 2.95 bits per heavy atom. The molecule has 1 aromatic rings. The molecule has 0 aromatic heterocycles. The van der Waals surface area contributed by atoms with E-state index in [9.17, 15) is 10.1 Å². The number of ether oxygens (including phenoxy) is 1. The molecule has 1 aliphatic rings. The van der Waals surface area contributed by atoms with Crippen LogP contribution in [0.5, 0.6) is 5.75 Å². The molecule has 5 nitrogen and oxygen atoms in total. The monoisotopic (exact) mass is 329 g/mol. The highest BCUT2D eigenvalue weighted by Gasteiger charge is 2.39. The standard InChI is InChI=1S/C12H17BBrNO4/c1-7(16)6-18-9-4-3-8(14)11-10(5-15-2)19-13(17)12(9)11/h3-4,7,10,15-17H,5-6H2,1-2H3. The summed E-state index contributed by atoms with van der Waals surface area (Å²) in [7, 11) is 0.824. The summed E-state index contributed by atoms with van der Waals surface area (Å²) in [6.07, 6.45) is -0.786. The zero-order chi connectivity index (χ0) is 14.0. The summed E-state index contributed by atoms with van der Waals surface area (Å²) in [6.45, 7) is 2.43. The van der Waals surface area contributed by atoms with Crippen molar-refractivity contribution in [2.45, 2.75) is 19.1 Å². The van der Waals surface area contributed by atoms with Crippen LogP contribution in [0, 0.1) is 0 Å². The van der Waals surface area contributed by atoms with E-state index in [2.05, 4.69) is 21.2 Å². The molecule has 19 heavy (non-hydrogen) atoms. The molecule has 1 aromatic carbocycles. The minimum Gasteiger partial charge on any atom is -0.491 e. The first kappa shape index (κ1) is 14.8. The molecule has 1 aliphatic heterocycles. The number of fused-ring (bicyclic) bond motifs is 1. The van der Waals surface area contributed by atoms with E-state index in [0.29, 0.717) is 17.8 Å². The molecule has 0 saturated heterocycles. The van der Waals surface area contributed by atoms with Gasteiger partial charge in [0.05, 0.1) is 12.2 Å². The zero-order valence-electron chi connectivity index (χ0n) is 10.9. The Balaban J connectivity index is 2.33. The van der Waals surface area contributed by atoms with Gasteiger partial charge in [-0.1, -0.05) is 15.9 Å².